The summed E-state index contributed by atoms with van der Waals surface area (Å²) in [5.74, 6) is -0.158. The number of halogens is 1. The third-order valence-corrected chi connectivity index (χ3v) is 4.45. The van der Waals surface area contributed by atoms with E-state index in [0.717, 1.165) is 35.5 Å². The highest BCUT2D eigenvalue weighted by Crippen LogP contribution is 2.18. The van der Waals surface area contributed by atoms with Gasteiger partial charge in [0.05, 0.1) is 11.7 Å². The molecule has 2 aromatic heterocycles. The average molecular weight is 374 g/mol. The predicted molar refractivity (Wildman–Crippen MR) is 98.5 cm³/mol. The van der Waals surface area contributed by atoms with Gasteiger partial charge in [0.1, 0.15) is 12.7 Å². The molecule has 0 radical (unpaired) electrons. The molecule has 0 saturated carbocycles. The Balaban J connectivity index is 0.00000196. The summed E-state index contributed by atoms with van der Waals surface area (Å²) in [5.41, 5.74) is 4.44. The largest absolute Gasteiger partial charge is 0.344 e. The number of aromatic nitrogens is 5. The highest BCUT2D eigenvalue weighted by Gasteiger charge is 2.22. The van der Waals surface area contributed by atoms with Crippen molar-refractivity contribution in [2.24, 2.45) is 0 Å². The summed E-state index contributed by atoms with van der Waals surface area (Å²) < 4.78 is 1.69. The van der Waals surface area contributed by atoms with E-state index in [4.69, 9.17) is 0 Å². The molecule has 1 unspecified atom stereocenters. The van der Waals surface area contributed by atoms with Crippen molar-refractivity contribution >= 4 is 18.3 Å². The van der Waals surface area contributed by atoms with Gasteiger partial charge in [0.15, 0.2) is 5.69 Å². The third kappa shape index (κ3) is 3.47. The van der Waals surface area contributed by atoms with Crippen LogP contribution in [0, 0.1) is 0 Å². The number of hydrogen-bond acceptors (Lipinski definition) is 5. The number of H-pyrrole nitrogens is 1. The number of amides is 1. The van der Waals surface area contributed by atoms with Gasteiger partial charge in [-0.2, -0.15) is 10.2 Å². The first-order valence-electron chi connectivity index (χ1n) is 8.25. The maximum atomic E-state index is 12.6. The van der Waals surface area contributed by atoms with Crippen LogP contribution < -0.4 is 10.6 Å². The molecule has 1 aliphatic rings. The molecule has 0 saturated heterocycles. The minimum absolute atomic E-state index is 0. The monoisotopic (exact) mass is 373 g/mol. The minimum Gasteiger partial charge on any atom is -0.344 e. The van der Waals surface area contributed by atoms with Crippen LogP contribution in [0.4, 0.5) is 0 Å². The van der Waals surface area contributed by atoms with Crippen molar-refractivity contribution in [2.75, 3.05) is 6.54 Å². The first kappa shape index (κ1) is 18.1. The lowest BCUT2D eigenvalue weighted by atomic mass is 10.1. The molecule has 1 aliphatic heterocycles. The number of carbonyl (C=O) groups is 1. The first-order chi connectivity index (χ1) is 12.2. The van der Waals surface area contributed by atoms with Gasteiger partial charge in [0.2, 0.25) is 0 Å². The van der Waals surface area contributed by atoms with E-state index in [2.05, 4.69) is 30.9 Å². The molecule has 3 N–H and O–H groups in total. The fourth-order valence-corrected chi connectivity index (χ4v) is 3.02. The van der Waals surface area contributed by atoms with Crippen LogP contribution in [-0.4, -0.2) is 37.4 Å². The second kappa shape index (κ2) is 7.67. The predicted octanol–water partition coefficient (Wildman–Crippen LogP) is 1.55. The van der Waals surface area contributed by atoms with E-state index < -0.39 is 0 Å². The number of rotatable bonds is 4. The Labute approximate surface area is 156 Å². The Hall–Kier alpha value is -2.71. The van der Waals surface area contributed by atoms with Crippen LogP contribution in [0.15, 0.2) is 36.9 Å². The van der Waals surface area contributed by atoms with Crippen LogP contribution >= 0.6 is 12.4 Å². The molecule has 3 aromatic rings. The molecule has 1 aromatic carbocycles. The molecule has 4 rings (SSSR count). The quantitative estimate of drug-likeness (QED) is 0.644. The van der Waals surface area contributed by atoms with Crippen molar-refractivity contribution in [1.82, 2.24) is 35.6 Å². The first-order valence-corrected chi connectivity index (χ1v) is 8.25. The van der Waals surface area contributed by atoms with E-state index in [1.807, 2.05) is 31.2 Å². The highest BCUT2D eigenvalue weighted by molar-refractivity contribution is 5.94. The second-order valence-corrected chi connectivity index (χ2v) is 6.08. The average Bonchev–Trinajstić information content (AvgIpc) is 3.31. The lowest BCUT2D eigenvalue weighted by Gasteiger charge is -2.16. The summed E-state index contributed by atoms with van der Waals surface area (Å²) in [4.78, 5) is 16.5. The van der Waals surface area contributed by atoms with Crippen LogP contribution in [-0.2, 0) is 13.0 Å². The summed E-state index contributed by atoms with van der Waals surface area (Å²) in [6, 6.07) is 7.73. The van der Waals surface area contributed by atoms with Crippen molar-refractivity contribution in [3.05, 3.63) is 59.4 Å². The van der Waals surface area contributed by atoms with E-state index in [0.29, 0.717) is 12.2 Å². The molecule has 0 spiro atoms. The Morgan fingerprint density at radius 2 is 2.12 bits per heavy atom. The van der Waals surface area contributed by atoms with Gasteiger partial charge in [0, 0.05) is 30.8 Å². The number of hydrogen-bond donors (Lipinski definition) is 3. The normalized spacial score (nSPS) is 14.2. The van der Waals surface area contributed by atoms with Crippen LogP contribution in [0.5, 0.6) is 0 Å². The SMILES string of the molecule is CC(NC(=O)c1n[nH]c2c1CNCC2)c1ccc(-n2cncn2)cc1.Cl. The molecule has 0 fully saturated rings. The van der Waals surface area contributed by atoms with Gasteiger partial charge in [-0.25, -0.2) is 9.67 Å². The number of benzene rings is 1. The summed E-state index contributed by atoms with van der Waals surface area (Å²) >= 11 is 0. The maximum absolute atomic E-state index is 12.6. The van der Waals surface area contributed by atoms with Crippen molar-refractivity contribution in [3.63, 3.8) is 0 Å². The van der Waals surface area contributed by atoms with Crippen LogP contribution in [0.3, 0.4) is 0 Å². The lowest BCUT2D eigenvalue weighted by molar-refractivity contribution is 0.0933. The minimum atomic E-state index is -0.158. The number of carbonyl (C=O) groups excluding carboxylic acids is 1. The zero-order valence-corrected chi connectivity index (χ0v) is 15.1. The molecule has 3 heterocycles. The van der Waals surface area contributed by atoms with E-state index in [9.17, 15) is 4.79 Å². The third-order valence-electron chi connectivity index (χ3n) is 4.45. The van der Waals surface area contributed by atoms with Gasteiger partial charge in [-0.1, -0.05) is 12.1 Å². The Morgan fingerprint density at radius 1 is 1.31 bits per heavy atom. The number of nitrogens with one attached hydrogen (secondary N) is 3. The molecule has 9 heteroatoms. The molecule has 1 atom stereocenters. The smallest absolute Gasteiger partial charge is 0.272 e. The molecule has 1 amide bonds. The number of aromatic amines is 1. The fraction of sp³-hybridized carbons (Fsp3) is 0.294. The standard InChI is InChI=1S/C17H19N7O.ClH/c1-11(12-2-4-13(5-3-12)24-10-19-9-20-24)21-17(25)16-14-8-18-7-6-15(14)22-23-16;/h2-5,9-11,18H,6-8H2,1H3,(H,21,25)(H,22,23);1H. The van der Waals surface area contributed by atoms with Gasteiger partial charge in [-0.3, -0.25) is 9.89 Å². The second-order valence-electron chi connectivity index (χ2n) is 6.08. The zero-order chi connectivity index (χ0) is 17.2. The van der Waals surface area contributed by atoms with Gasteiger partial charge in [-0.15, -0.1) is 12.4 Å². The summed E-state index contributed by atoms with van der Waals surface area (Å²) in [5, 5.41) is 17.6. The summed E-state index contributed by atoms with van der Waals surface area (Å²) in [6.07, 6.45) is 4.01. The van der Waals surface area contributed by atoms with E-state index in [1.165, 1.54) is 6.33 Å². The van der Waals surface area contributed by atoms with Gasteiger partial charge >= 0.3 is 0 Å². The van der Waals surface area contributed by atoms with Crippen LogP contribution in [0.25, 0.3) is 5.69 Å². The molecule has 0 bridgehead atoms. The fourth-order valence-electron chi connectivity index (χ4n) is 3.02. The highest BCUT2D eigenvalue weighted by atomic mass is 35.5. The van der Waals surface area contributed by atoms with Crippen molar-refractivity contribution < 1.29 is 4.79 Å². The van der Waals surface area contributed by atoms with Gasteiger partial charge in [0.25, 0.3) is 5.91 Å². The Morgan fingerprint density at radius 3 is 2.85 bits per heavy atom. The summed E-state index contributed by atoms with van der Waals surface area (Å²) in [7, 11) is 0. The molecule has 0 aliphatic carbocycles. The van der Waals surface area contributed by atoms with E-state index in [1.54, 1.807) is 11.0 Å². The Kier molecular flexibility index (Phi) is 5.34. The molecular weight excluding hydrogens is 354 g/mol. The van der Waals surface area contributed by atoms with E-state index in [-0.39, 0.29) is 24.4 Å². The summed E-state index contributed by atoms with van der Waals surface area (Å²) in [6.45, 7) is 3.54. The number of fused-ring (bicyclic) bond motifs is 1. The van der Waals surface area contributed by atoms with Crippen molar-refractivity contribution in [2.45, 2.75) is 25.9 Å². The van der Waals surface area contributed by atoms with E-state index >= 15 is 0 Å². The van der Waals surface area contributed by atoms with Crippen molar-refractivity contribution in [3.8, 4) is 5.69 Å². The Bertz CT molecular complexity index is 873. The molecule has 8 nitrogen and oxygen atoms in total. The lowest BCUT2D eigenvalue weighted by Crippen LogP contribution is -2.30. The van der Waals surface area contributed by atoms with Gasteiger partial charge in [-0.05, 0) is 24.6 Å². The van der Waals surface area contributed by atoms with Crippen LogP contribution in [0.2, 0.25) is 0 Å². The molecular formula is C17H20ClN7O. The molecule has 26 heavy (non-hydrogen) atoms. The molecule has 136 valence electrons. The maximum Gasteiger partial charge on any atom is 0.272 e. The van der Waals surface area contributed by atoms with Crippen molar-refractivity contribution in [1.29, 1.82) is 0 Å². The number of nitrogens with zero attached hydrogens (tertiary/aromatic N) is 4. The van der Waals surface area contributed by atoms with Crippen LogP contribution in [0.1, 0.15) is 40.3 Å². The topological polar surface area (TPSA) is 101 Å². The van der Waals surface area contributed by atoms with Gasteiger partial charge < -0.3 is 10.6 Å². The zero-order valence-electron chi connectivity index (χ0n) is 14.3.